The van der Waals surface area contributed by atoms with E-state index in [4.69, 9.17) is 11.6 Å². The molecule has 0 atom stereocenters. The standard InChI is InChI=1S/C28H23ClN6O/c29-23-11-10-21-8-9-22(24(21)13-23)14-30-27-25-17-35(33-28(25)32-18-31-27)16-20-6-4-19(5-7-20)15-34-12-2-1-3-26(34)36/h1-7,9-13,17-18H,8,14-16H2,(H,30,31,32,33). The predicted octanol–water partition coefficient (Wildman–Crippen LogP) is 4.79. The number of hydrogen-bond acceptors (Lipinski definition) is 5. The Kier molecular flexibility index (Phi) is 5.83. The van der Waals surface area contributed by atoms with Crippen molar-refractivity contribution in [3.63, 3.8) is 0 Å². The van der Waals surface area contributed by atoms with E-state index < -0.39 is 0 Å². The van der Waals surface area contributed by atoms with Crippen LogP contribution >= 0.6 is 11.6 Å². The van der Waals surface area contributed by atoms with Crippen molar-refractivity contribution in [1.29, 1.82) is 0 Å². The zero-order valence-corrected chi connectivity index (χ0v) is 20.2. The smallest absolute Gasteiger partial charge is 0.250 e. The van der Waals surface area contributed by atoms with Gasteiger partial charge in [0.2, 0.25) is 0 Å². The van der Waals surface area contributed by atoms with Crippen molar-refractivity contribution in [1.82, 2.24) is 24.3 Å². The molecule has 0 amide bonds. The van der Waals surface area contributed by atoms with Crippen molar-refractivity contribution >= 4 is 34.0 Å². The Hall–Kier alpha value is -4.23. The lowest BCUT2D eigenvalue weighted by atomic mass is 10.1. The van der Waals surface area contributed by atoms with E-state index in [1.807, 2.05) is 41.2 Å². The number of benzene rings is 2. The van der Waals surface area contributed by atoms with Gasteiger partial charge in [0.25, 0.3) is 5.56 Å². The van der Waals surface area contributed by atoms with Gasteiger partial charge in [0.15, 0.2) is 5.65 Å². The lowest BCUT2D eigenvalue weighted by Gasteiger charge is -2.09. The van der Waals surface area contributed by atoms with Crippen molar-refractivity contribution in [3.05, 3.63) is 123 Å². The van der Waals surface area contributed by atoms with Gasteiger partial charge >= 0.3 is 0 Å². The normalized spacial score (nSPS) is 12.5. The largest absolute Gasteiger partial charge is 0.365 e. The zero-order valence-electron chi connectivity index (χ0n) is 19.4. The van der Waals surface area contributed by atoms with Crippen LogP contribution in [0, 0.1) is 0 Å². The second-order valence-corrected chi connectivity index (χ2v) is 9.29. The molecule has 2 aromatic carbocycles. The first-order valence-corrected chi connectivity index (χ1v) is 12.1. The van der Waals surface area contributed by atoms with Crippen LogP contribution < -0.4 is 10.9 Å². The van der Waals surface area contributed by atoms with Crippen molar-refractivity contribution in [3.8, 4) is 0 Å². The van der Waals surface area contributed by atoms with E-state index in [0.29, 0.717) is 25.3 Å². The molecule has 0 saturated heterocycles. The summed E-state index contributed by atoms with van der Waals surface area (Å²) in [6, 6.07) is 19.5. The molecule has 0 spiro atoms. The summed E-state index contributed by atoms with van der Waals surface area (Å²) in [7, 11) is 0. The van der Waals surface area contributed by atoms with Gasteiger partial charge in [0.05, 0.1) is 18.5 Å². The minimum atomic E-state index is -0.00689. The van der Waals surface area contributed by atoms with E-state index in [1.54, 1.807) is 22.9 Å². The first kappa shape index (κ1) is 22.2. The van der Waals surface area contributed by atoms with Gasteiger partial charge in [-0.05, 0) is 52.4 Å². The minimum absolute atomic E-state index is 0.00689. The molecule has 7 nitrogen and oxygen atoms in total. The van der Waals surface area contributed by atoms with Crippen LogP contribution in [-0.4, -0.2) is 30.9 Å². The molecule has 178 valence electrons. The maximum Gasteiger partial charge on any atom is 0.250 e. The summed E-state index contributed by atoms with van der Waals surface area (Å²) in [6.45, 7) is 1.80. The molecule has 3 aromatic heterocycles. The number of fused-ring (bicyclic) bond motifs is 2. The number of pyridine rings is 1. The highest BCUT2D eigenvalue weighted by Gasteiger charge is 2.15. The maximum atomic E-state index is 12.0. The Labute approximate surface area is 212 Å². The Morgan fingerprint density at radius 2 is 1.81 bits per heavy atom. The Bertz CT molecular complexity index is 1650. The molecular formula is C28H23ClN6O. The van der Waals surface area contributed by atoms with Gasteiger partial charge in [-0.3, -0.25) is 9.48 Å². The maximum absolute atomic E-state index is 12.0. The molecule has 0 saturated carbocycles. The van der Waals surface area contributed by atoms with Gasteiger partial charge in [-0.15, -0.1) is 0 Å². The molecule has 0 aliphatic heterocycles. The van der Waals surface area contributed by atoms with Gasteiger partial charge in [0, 0.05) is 30.0 Å². The third kappa shape index (κ3) is 4.53. The molecule has 0 unspecified atom stereocenters. The molecule has 3 heterocycles. The summed E-state index contributed by atoms with van der Waals surface area (Å²) >= 11 is 6.21. The van der Waals surface area contributed by atoms with Crippen LogP contribution in [0.1, 0.15) is 22.3 Å². The van der Waals surface area contributed by atoms with Crippen molar-refractivity contribution in [2.75, 3.05) is 11.9 Å². The number of aromatic nitrogens is 5. The summed E-state index contributed by atoms with van der Waals surface area (Å²) in [5.41, 5.74) is 6.52. The van der Waals surface area contributed by atoms with Crippen LogP contribution in [-0.2, 0) is 19.5 Å². The van der Waals surface area contributed by atoms with E-state index in [0.717, 1.165) is 33.8 Å². The fourth-order valence-corrected chi connectivity index (χ4v) is 4.72. The predicted molar refractivity (Wildman–Crippen MR) is 142 cm³/mol. The molecular weight excluding hydrogens is 472 g/mol. The number of allylic oxidation sites excluding steroid dienone is 1. The Balaban J connectivity index is 1.16. The highest BCUT2D eigenvalue weighted by molar-refractivity contribution is 6.30. The molecule has 0 fully saturated rings. The average molecular weight is 495 g/mol. The van der Waals surface area contributed by atoms with Gasteiger partial charge in [-0.25, -0.2) is 9.97 Å². The molecule has 36 heavy (non-hydrogen) atoms. The van der Waals surface area contributed by atoms with Crippen molar-refractivity contribution in [2.24, 2.45) is 0 Å². The fraction of sp³-hybridized carbons (Fsp3) is 0.143. The number of nitrogens with zero attached hydrogens (tertiary/aromatic N) is 5. The summed E-state index contributed by atoms with van der Waals surface area (Å²) < 4.78 is 3.57. The van der Waals surface area contributed by atoms with Crippen molar-refractivity contribution < 1.29 is 0 Å². The lowest BCUT2D eigenvalue weighted by molar-refractivity contribution is 0.692. The van der Waals surface area contributed by atoms with Crippen LogP contribution in [0.15, 0.2) is 90.3 Å². The molecule has 6 rings (SSSR count). The zero-order chi connectivity index (χ0) is 24.5. The third-order valence-electron chi connectivity index (χ3n) is 6.42. The molecule has 0 radical (unpaired) electrons. The summed E-state index contributed by atoms with van der Waals surface area (Å²) in [5.74, 6) is 0.756. The van der Waals surface area contributed by atoms with Gasteiger partial charge in [0.1, 0.15) is 12.1 Å². The highest BCUT2D eigenvalue weighted by atomic mass is 35.5. The van der Waals surface area contributed by atoms with Crippen LogP contribution in [0.25, 0.3) is 16.6 Å². The number of halogens is 1. The monoisotopic (exact) mass is 494 g/mol. The van der Waals surface area contributed by atoms with Crippen molar-refractivity contribution in [2.45, 2.75) is 19.5 Å². The van der Waals surface area contributed by atoms with Gasteiger partial charge in [-0.2, -0.15) is 5.10 Å². The quantitative estimate of drug-likeness (QED) is 0.352. The SMILES string of the molecule is O=c1ccccn1Cc1ccc(Cn2cc3c(NCC4=CCc5ccc(Cl)cc54)ncnc3n2)cc1. The fourth-order valence-electron chi connectivity index (χ4n) is 4.55. The van der Waals surface area contributed by atoms with E-state index >= 15 is 0 Å². The average Bonchev–Trinajstić information content (AvgIpc) is 3.49. The molecule has 0 bridgehead atoms. The number of nitrogens with one attached hydrogen (secondary N) is 1. The second kappa shape index (κ2) is 9.43. The third-order valence-corrected chi connectivity index (χ3v) is 6.65. The summed E-state index contributed by atoms with van der Waals surface area (Å²) in [6.07, 6.45) is 8.46. The topological polar surface area (TPSA) is 77.6 Å². The molecule has 1 aliphatic rings. The van der Waals surface area contributed by atoms with Crippen LogP contribution in [0.3, 0.4) is 0 Å². The molecule has 5 aromatic rings. The summed E-state index contributed by atoms with van der Waals surface area (Å²) in [4.78, 5) is 20.8. The second-order valence-electron chi connectivity index (χ2n) is 8.86. The molecule has 1 N–H and O–H groups in total. The van der Waals surface area contributed by atoms with E-state index in [2.05, 4.69) is 44.7 Å². The van der Waals surface area contributed by atoms with Gasteiger partial charge in [-0.1, -0.05) is 54.1 Å². The number of rotatable bonds is 7. The number of anilines is 1. The summed E-state index contributed by atoms with van der Waals surface area (Å²) in [5, 5.41) is 9.73. The van der Waals surface area contributed by atoms with E-state index in [1.165, 1.54) is 23.0 Å². The van der Waals surface area contributed by atoms with Crippen LogP contribution in [0.4, 0.5) is 5.82 Å². The minimum Gasteiger partial charge on any atom is -0.365 e. The lowest BCUT2D eigenvalue weighted by Crippen LogP contribution is -2.18. The first-order valence-electron chi connectivity index (χ1n) is 11.8. The Morgan fingerprint density at radius 1 is 0.972 bits per heavy atom. The van der Waals surface area contributed by atoms with E-state index in [9.17, 15) is 4.79 Å². The first-order chi connectivity index (χ1) is 17.6. The Morgan fingerprint density at radius 3 is 2.64 bits per heavy atom. The van der Waals surface area contributed by atoms with Crippen LogP contribution in [0.2, 0.25) is 5.02 Å². The van der Waals surface area contributed by atoms with Crippen LogP contribution in [0.5, 0.6) is 0 Å². The van der Waals surface area contributed by atoms with Gasteiger partial charge < -0.3 is 9.88 Å². The highest BCUT2D eigenvalue weighted by Crippen LogP contribution is 2.30. The van der Waals surface area contributed by atoms with E-state index in [-0.39, 0.29) is 5.56 Å². The number of hydrogen-bond donors (Lipinski definition) is 1. The molecule has 1 aliphatic carbocycles. The molecule has 8 heteroatoms.